The van der Waals surface area contributed by atoms with Crippen LogP contribution in [0.3, 0.4) is 0 Å². The number of hydrogen-bond donors (Lipinski definition) is 2. The van der Waals surface area contributed by atoms with Gasteiger partial charge in [-0.15, -0.1) is 0 Å². The lowest BCUT2D eigenvalue weighted by Crippen LogP contribution is -2.24. The highest BCUT2D eigenvalue weighted by molar-refractivity contribution is 5.32. The SMILES string of the molecule is CC1=C/C=C(C(O)C(C)O)\C=C/C(C)(C)C1. The van der Waals surface area contributed by atoms with E-state index in [1.807, 2.05) is 18.2 Å². The Hall–Kier alpha value is -0.860. The van der Waals surface area contributed by atoms with Gasteiger partial charge in [0.25, 0.3) is 0 Å². The van der Waals surface area contributed by atoms with Gasteiger partial charge in [-0.1, -0.05) is 43.7 Å². The van der Waals surface area contributed by atoms with Crippen LogP contribution in [0.25, 0.3) is 0 Å². The van der Waals surface area contributed by atoms with E-state index in [2.05, 4.69) is 26.8 Å². The summed E-state index contributed by atoms with van der Waals surface area (Å²) in [6.45, 7) is 8.01. The number of aliphatic hydroxyl groups is 2. The van der Waals surface area contributed by atoms with Crippen molar-refractivity contribution in [3.63, 3.8) is 0 Å². The summed E-state index contributed by atoms with van der Waals surface area (Å²) < 4.78 is 0. The number of rotatable bonds is 2. The summed E-state index contributed by atoms with van der Waals surface area (Å²) in [5, 5.41) is 19.2. The van der Waals surface area contributed by atoms with E-state index in [9.17, 15) is 10.2 Å². The zero-order valence-electron chi connectivity index (χ0n) is 10.6. The van der Waals surface area contributed by atoms with Gasteiger partial charge in [0.2, 0.25) is 0 Å². The molecule has 0 aromatic heterocycles. The van der Waals surface area contributed by atoms with Crippen LogP contribution < -0.4 is 0 Å². The minimum absolute atomic E-state index is 0.0957. The molecular weight excluding hydrogens is 200 g/mol. The molecule has 0 aromatic carbocycles. The van der Waals surface area contributed by atoms with Crippen LogP contribution in [0.15, 0.2) is 35.5 Å². The van der Waals surface area contributed by atoms with Crippen molar-refractivity contribution < 1.29 is 10.2 Å². The fourth-order valence-corrected chi connectivity index (χ4v) is 1.93. The Morgan fingerprint density at radius 2 is 1.88 bits per heavy atom. The second-order valence-corrected chi connectivity index (χ2v) is 5.36. The van der Waals surface area contributed by atoms with E-state index in [0.717, 1.165) is 12.0 Å². The average Bonchev–Trinajstić information content (AvgIpc) is 2.13. The van der Waals surface area contributed by atoms with Crippen molar-refractivity contribution in [1.82, 2.24) is 0 Å². The molecule has 1 rings (SSSR count). The quantitative estimate of drug-likeness (QED) is 0.754. The lowest BCUT2D eigenvalue weighted by molar-refractivity contribution is 0.0567. The molecule has 0 aliphatic heterocycles. The molecule has 16 heavy (non-hydrogen) atoms. The summed E-state index contributed by atoms with van der Waals surface area (Å²) in [5.41, 5.74) is 2.14. The molecule has 0 bridgehead atoms. The Morgan fingerprint density at radius 1 is 1.25 bits per heavy atom. The van der Waals surface area contributed by atoms with Gasteiger partial charge in [0, 0.05) is 0 Å². The highest BCUT2D eigenvalue weighted by Crippen LogP contribution is 2.29. The predicted molar refractivity (Wildman–Crippen MR) is 67.1 cm³/mol. The minimum atomic E-state index is -0.811. The maximum atomic E-state index is 9.83. The molecule has 0 amide bonds. The molecule has 0 saturated heterocycles. The van der Waals surface area contributed by atoms with Crippen molar-refractivity contribution in [2.45, 2.75) is 46.3 Å². The molecule has 0 spiro atoms. The van der Waals surface area contributed by atoms with E-state index >= 15 is 0 Å². The third kappa shape index (κ3) is 3.62. The number of allylic oxidation sites excluding steroid dienone is 4. The second-order valence-electron chi connectivity index (χ2n) is 5.36. The highest BCUT2D eigenvalue weighted by atomic mass is 16.3. The summed E-state index contributed by atoms with van der Waals surface area (Å²) >= 11 is 0. The second kappa shape index (κ2) is 4.98. The van der Waals surface area contributed by atoms with Gasteiger partial charge in [-0.3, -0.25) is 0 Å². The molecule has 0 heterocycles. The monoisotopic (exact) mass is 222 g/mol. The maximum Gasteiger partial charge on any atom is 0.105 e. The van der Waals surface area contributed by atoms with E-state index in [1.165, 1.54) is 5.57 Å². The normalized spacial score (nSPS) is 29.1. The van der Waals surface area contributed by atoms with Crippen LogP contribution in [0, 0.1) is 5.41 Å². The van der Waals surface area contributed by atoms with Crippen LogP contribution in [0.4, 0.5) is 0 Å². The lowest BCUT2D eigenvalue weighted by atomic mass is 9.83. The Labute approximate surface area is 98.0 Å². The van der Waals surface area contributed by atoms with Gasteiger partial charge in [0.05, 0.1) is 6.10 Å². The third-order valence-corrected chi connectivity index (χ3v) is 2.82. The van der Waals surface area contributed by atoms with E-state index in [1.54, 1.807) is 6.92 Å². The van der Waals surface area contributed by atoms with Crippen LogP contribution in [-0.2, 0) is 0 Å². The summed E-state index contributed by atoms with van der Waals surface area (Å²) in [6.07, 6.45) is 7.38. The predicted octanol–water partition coefficient (Wildman–Crippen LogP) is 2.59. The smallest absolute Gasteiger partial charge is 0.105 e. The molecule has 90 valence electrons. The van der Waals surface area contributed by atoms with Gasteiger partial charge in [-0.2, -0.15) is 0 Å². The zero-order valence-corrected chi connectivity index (χ0v) is 10.6. The van der Waals surface area contributed by atoms with Crippen molar-refractivity contribution in [2.75, 3.05) is 0 Å². The standard InChI is InChI=1S/C14H22O2/c1-10-5-6-12(13(16)11(2)15)7-8-14(3,4)9-10/h5-8,11,13,15-16H,9H2,1-4H3/b8-7-,10-5?,12-6+. The van der Waals surface area contributed by atoms with Crippen molar-refractivity contribution in [3.8, 4) is 0 Å². The summed E-state index contributed by atoms with van der Waals surface area (Å²) in [7, 11) is 0. The molecule has 2 heteroatoms. The van der Waals surface area contributed by atoms with Crippen molar-refractivity contribution in [1.29, 1.82) is 0 Å². The first kappa shape index (κ1) is 13.2. The van der Waals surface area contributed by atoms with Gasteiger partial charge >= 0.3 is 0 Å². The minimum Gasteiger partial charge on any atom is -0.390 e. The first-order valence-corrected chi connectivity index (χ1v) is 5.74. The fourth-order valence-electron chi connectivity index (χ4n) is 1.93. The number of aliphatic hydroxyl groups excluding tert-OH is 2. The third-order valence-electron chi connectivity index (χ3n) is 2.82. The first-order chi connectivity index (χ1) is 7.32. The van der Waals surface area contributed by atoms with E-state index in [0.29, 0.717) is 0 Å². The maximum absolute atomic E-state index is 9.83. The molecule has 1 aliphatic rings. The Balaban J connectivity index is 3.01. The van der Waals surface area contributed by atoms with Crippen LogP contribution in [0.1, 0.15) is 34.1 Å². The van der Waals surface area contributed by atoms with Crippen molar-refractivity contribution in [3.05, 3.63) is 35.5 Å². The molecule has 0 fully saturated rings. The summed E-state index contributed by atoms with van der Waals surface area (Å²) in [6, 6.07) is 0. The highest BCUT2D eigenvalue weighted by Gasteiger charge is 2.19. The van der Waals surface area contributed by atoms with Gasteiger partial charge in [-0.25, -0.2) is 0 Å². The van der Waals surface area contributed by atoms with E-state index in [-0.39, 0.29) is 5.41 Å². The van der Waals surface area contributed by atoms with Crippen LogP contribution in [0.5, 0.6) is 0 Å². The van der Waals surface area contributed by atoms with Crippen molar-refractivity contribution in [2.24, 2.45) is 5.41 Å². The topological polar surface area (TPSA) is 40.5 Å². The largest absolute Gasteiger partial charge is 0.390 e. The molecule has 0 saturated carbocycles. The number of hydrogen-bond acceptors (Lipinski definition) is 2. The average molecular weight is 222 g/mol. The van der Waals surface area contributed by atoms with Gasteiger partial charge in [-0.05, 0) is 31.3 Å². The van der Waals surface area contributed by atoms with Gasteiger partial charge < -0.3 is 10.2 Å². The Morgan fingerprint density at radius 3 is 2.44 bits per heavy atom. The van der Waals surface area contributed by atoms with Gasteiger partial charge in [0.15, 0.2) is 0 Å². The summed E-state index contributed by atoms with van der Waals surface area (Å²) in [5.74, 6) is 0. The molecule has 2 atom stereocenters. The Bertz CT molecular complexity index is 333. The van der Waals surface area contributed by atoms with E-state index in [4.69, 9.17) is 0 Å². The zero-order chi connectivity index (χ0) is 12.3. The molecule has 1 aliphatic carbocycles. The molecule has 0 radical (unpaired) electrons. The molecule has 2 unspecified atom stereocenters. The van der Waals surface area contributed by atoms with Crippen molar-refractivity contribution >= 4 is 0 Å². The molecular formula is C14H22O2. The molecule has 0 aromatic rings. The van der Waals surface area contributed by atoms with Crippen LogP contribution in [0.2, 0.25) is 0 Å². The van der Waals surface area contributed by atoms with E-state index < -0.39 is 12.2 Å². The summed E-state index contributed by atoms with van der Waals surface area (Å²) in [4.78, 5) is 0. The Kier molecular flexibility index (Phi) is 4.11. The molecule has 2 nitrogen and oxygen atoms in total. The van der Waals surface area contributed by atoms with Crippen LogP contribution >= 0.6 is 0 Å². The lowest BCUT2D eigenvalue weighted by Gasteiger charge is -2.23. The van der Waals surface area contributed by atoms with Crippen LogP contribution in [-0.4, -0.2) is 22.4 Å². The fraction of sp³-hybridized carbons (Fsp3) is 0.571. The molecule has 2 N–H and O–H groups in total. The van der Waals surface area contributed by atoms with Gasteiger partial charge in [0.1, 0.15) is 6.10 Å². The first-order valence-electron chi connectivity index (χ1n) is 5.74.